The Kier molecular flexibility index (Phi) is 5.05. The van der Waals surface area contributed by atoms with Crippen molar-refractivity contribution in [2.45, 2.75) is 32.1 Å². The van der Waals surface area contributed by atoms with Crippen LogP contribution in [-0.4, -0.2) is 39.2 Å². The molecule has 1 aromatic rings. The lowest BCUT2D eigenvalue weighted by atomic mass is 9.90. The predicted molar refractivity (Wildman–Crippen MR) is 83.6 cm³/mol. The number of hydrogen-bond donors (Lipinski definition) is 1. The van der Waals surface area contributed by atoms with Gasteiger partial charge >= 0.3 is 0 Å². The molecule has 1 aliphatic heterocycles. The zero-order valence-corrected chi connectivity index (χ0v) is 13.1. The van der Waals surface area contributed by atoms with E-state index in [0.29, 0.717) is 11.6 Å². The molecule has 0 aromatic heterocycles. The Morgan fingerprint density at radius 3 is 2.60 bits per heavy atom. The highest BCUT2D eigenvalue weighted by Crippen LogP contribution is 2.27. The maximum atomic E-state index is 11.2. The maximum Gasteiger partial charge on any atom is 0.229 e. The summed E-state index contributed by atoms with van der Waals surface area (Å²) in [7, 11) is -3.19. The summed E-state index contributed by atoms with van der Waals surface area (Å²) in [5.41, 5.74) is 1.95. The summed E-state index contributed by atoms with van der Waals surface area (Å²) in [5, 5.41) is 0. The van der Waals surface area contributed by atoms with Gasteiger partial charge in [-0.3, -0.25) is 4.72 Å². The molecule has 0 spiro atoms. The average molecular weight is 296 g/mol. The summed E-state index contributed by atoms with van der Waals surface area (Å²) in [6.45, 7) is 5.71. The second-order valence-corrected chi connectivity index (χ2v) is 7.38. The summed E-state index contributed by atoms with van der Waals surface area (Å²) in [4.78, 5) is 2.52. The van der Waals surface area contributed by atoms with E-state index in [4.69, 9.17) is 0 Å². The normalized spacial score (nSPS) is 20.8. The van der Waals surface area contributed by atoms with E-state index in [1.165, 1.54) is 44.2 Å². The molecule has 0 aliphatic carbocycles. The van der Waals surface area contributed by atoms with E-state index in [-0.39, 0.29) is 0 Å². The van der Waals surface area contributed by atoms with Gasteiger partial charge in [0, 0.05) is 12.2 Å². The van der Waals surface area contributed by atoms with Crippen molar-refractivity contribution >= 4 is 15.7 Å². The number of benzene rings is 1. The SMILES string of the molecule is CCCN1CCCC(c2ccc(NS(C)(=O)=O)cc2)C1. The number of piperidine rings is 1. The van der Waals surface area contributed by atoms with Gasteiger partial charge in [-0.25, -0.2) is 8.42 Å². The van der Waals surface area contributed by atoms with Gasteiger partial charge in [0.15, 0.2) is 0 Å². The summed E-state index contributed by atoms with van der Waals surface area (Å²) >= 11 is 0. The van der Waals surface area contributed by atoms with Gasteiger partial charge in [0.25, 0.3) is 0 Å². The van der Waals surface area contributed by atoms with E-state index in [1.54, 1.807) is 0 Å². The molecule has 1 unspecified atom stereocenters. The molecule has 112 valence electrons. The molecule has 0 bridgehead atoms. The van der Waals surface area contributed by atoms with E-state index in [1.807, 2.05) is 24.3 Å². The number of sulfonamides is 1. The van der Waals surface area contributed by atoms with Gasteiger partial charge in [0.2, 0.25) is 10.0 Å². The van der Waals surface area contributed by atoms with E-state index >= 15 is 0 Å². The third-order valence-corrected chi connectivity index (χ3v) is 4.34. The van der Waals surface area contributed by atoms with Crippen LogP contribution >= 0.6 is 0 Å². The smallest absolute Gasteiger partial charge is 0.229 e. The first-order chi connectivity index (χ1) is 9.48. The van der Waals surface area contributed by atoms with Gasteiger partial charge in [-0.05, 0) is 56.0 Å². The highest BCUT2D eigenvalue weighted by atomic mass is 32.2. The van der Waals surface area contributed by atoms with E-state index < -0.39 is 10.0 Å². The molecule has 1 atom stereocenters. The van der Waals surface area contributed by atoms with Crippen molar-refractivity contribution in [2.24, 2.45) is 0 Å². The first kappa shape index (κ1) is 15.3. The Labute approximate surface area is 122 Å². The van der Waals surface area contributed by atoms with Gasteiger partial charge < -0.3 is 4.90 Å². The monoisotopic (exact) mass is 296 g/mol. The molecule has 0 amide bonds. The first-order valence-electron chi connectivity index (χ1n) is 7.28. The van der Waals surface area contributed by atoms with Crippen LogP contribution < -0.4 is 4.72 Å². The summed E-state index contributed by atoms with van der Waals surface area (Å²) in [6, 6.07) is 7.81. The molecule has 0 saturated carbocycles. The molecule has 4 nitrogen and oxygen atoms in total. The van der Waals surface area contributed by atoms with Crippen molar-refractivity contribution in [3.05, 3.63) is 29.8 Å². The van der Waals surface area contributed by atoms with Gasteiger partial charge in [-0.1, -0.05) is 19.1 Å². The van der Waals surface area contributed by atoms with Crippen LogP contribution in [0.2, 0.25) is 0 Å². The lowest BCUT2D eigenvalue weighted by molar-refractivity contribution is 0.208. The highest BCUT2D eigenvalue weighted by molar-refractivity contribution is 7.92. The highest BCUT2D eigenvalue weighted by Gasteiger charge is 2.20. The molecule has 1 heterocycles. The Hall–Kier alpha value is -1.07. The fourth-order valence-electron chi connectivity index (χ4n) is 2.88. The number of nitrogens with one attached hydrogen (secondary N) is 1. The Morgan fingerprint density at radius 1 is 1.30 bits per heavy atom. The zero-order valence-electron chi connectivity index (χ0n) is 12.3. The average Bonchev–Trinajstić information content (AvgIpc) is 2.38. The number of anilines is 1. The minimum atomic E-state index is -3.19. The van der Waals surface area contributed by atoms with Crippen LogP contribution in [0.3, 0.4) is 0 Å². The van der Waals surface area contributed by atoms with Crippen molar-refractivity contribution in [1.82, 2.24) is 4.90 Å². The predicted octanol–water partition coefficient (Wildman–Crippen LogP) is 2.65. The van der Waals surface area contributed by atoms with Gasteiger partial charge in [-0.15, -0.1) is 0 Å². The molecule has 1 saturated heterocycles. The number of nitrogens with zero attached hydrogens (tertiary/aromatic N) is 1. The molecule has 1 fully saturated rings. The molecule has 0 radical (unpaired) electrons. The maximum absolute atomic E-state index is 11.2. The summed E-state index contributed by atoms with van der Waals surface area (Å²) in [6.07, 6.45) is 4.84. The summed E-state index contributed by atoms with van der Waals surface area (Å²) in [5.74, 6) is 0.572. The molecular weight excluding hydrogens is 272 g/mol. The van der Waals surface area contributed by atoms with Crippen LogP contribution in [0.25, 0.3) is 0 Å². The fourth-order valence-corrected chi connectivity index (χ4v) is 3.45. The largest absolute Gasteiger partial charge is 0.303 e. The van der Waals surface area contributed by atoms with Crippen LogP contribution in [0.5, 0.6) is 0 Å². The molecular formula is C15H24N2O2S. The van der Waals surface area contributed by atoms with Crippen LogP contribution in [0, 0.1) is 0 Å². The Morgan fingerprint density at radius 2 is 2.00 bits per heavy atom. The Balaban J connectivity index is 2.02. The third-order valence-electron chi connectivity index (χ3n) is 3.73. The first-order valence-corrected chi connectivity index (χ1v) is 9.17. The fraction of sp³-hybridized carbons (Fsp3) is 0.600. The Bertz CT molecular complexity index is 523. The van der Waals surface area contributed by atoms with Crippen molar-refractivity contribution in [1.29, 1.82) is 0 Å². The molecule has 5 heteroatoms. The molecule has 20 heavy (non-hydrogen) atoms. The summed E-state index contributed by atoms with van der Waals surface area (Å²) < 4.78 is 24.9. The lowest BCUT2D eigenvalue weighted by Gasteiger charge is -2.32. The van der Waals surface area contributed by atoms with Crippen molar-refractivity contribution in [3.63, 3.8) is 0 Å². The molecule has 1 aliphatic rings. The number of likely N-dealkylation sites (tertiary alicyclic amines) is 1. The van der Waals surface area contributed by atoms with E-state index in [9.17, 15) is 8.42 Å². The van der Waals surface area contributed by atoms with Crippen molar-refractivity contribution in [3.8, 4) is 0 Å². The minimum Gasteiger partial charge on any atom is -0.303 e. The van der Waals surface area contributed by atoms with Crippen molar-refractivity contribution < 1.29 is 8.42 Å². The second kappa shape index (κ2) is 6.59. The van der Waals surface area contributed by atoms with Gasteiger partial charge in [0.05, 0.1) is 6.26 Å². The lowest BCUT2D eigenvalue weighted by Crippen LogP contribution is -2.34. The van der Waals surface area contributed by atoms with Gasteiger partial charge in [0.1, 0.15) is 0 Å². The van der Waals surface area contributed by atoms with E-state index in [0.717, 1.165) is 6.54 Å². The molecule has 2 rings (SSSR count). The minimum absolute atomic E-state index is 0.572. The van der Waals surface area contributed by atoms with Crippen molar-refractivity contribution in [2.75, 3.05) is 30.6 Å². The standard InChI is InChI=1S/C15H24N2O2S/c1-3-10-17-11-4-5-14(12-17)13-6-8-15(9-7-13)16-20(2,18)19/h6-9,14,16H,3-5,10-12H2,1-2H3. The van der Waals surface area contributed by atoms with Crippen LogP contribution in [0.15, 0.2) is 24.3 Å². The third kappa shape index (κ3) is 4.49. The second-order valence-electron chi connectivity index (χ2n) is 5.64. The zero-order chi connectivity index (χ0) is 14.6. The number of rotatable bonds is 5. The quantitative estimate of drug-likeness (QED) is 0.909. The van der Waals surface area contributed by atoms with Crippen LogP contribution in [0.4, 0.5) is 5.69 Å². The van der Waals surface area contributed by atoms with Crippen LogP contribution in [-0.2, 0) is 10.0 Å². The molecule has 1 N–H and O–H groups in total. The van der Waals surface area contributed by atoms with Crippen LogP contribution in [0.1, 0.15) is 37.7 Å². The van der Waals surface area contributed by atoms with E-state index in [2.05, 4.69) is 16.5 Å². The molecule has 1 aromatic carbocycles. The van der Waals surface area contributed by atoms with Gasteiger partial charge in [-0.2, -0.15) is 0 Å². The number of hydrogen-bond acceptors (Lipinski definition) is 3. The topological polar surface area (TPSA) is 49.4 Å².